The summed E-state index contributed by atoms with van der Waals surface area (Å²) in [5.41, 5.74) is 2.04. The van der Waals surface area contributed by atoms with Crippen LogP contribution in [-0.2, 0) is 4.79 Å². The van der Waals surface area contributed by atoms with Gasteiger partial charge in [-0.25, -0.2) is 4.98 Å². The van der Waals surface area contributed by atoms with Crippen LogP contribution in [-0.4, -0.2) is 39.2 Å². The maximum absolute atomic E-state index is 13.2. The average molecular weight is 414 g/mol. The number of thioether (sulfide) groups is 1. The molecule has 5 nitrogen and oxygen atoms in total. The van der Waals surface area contributed by atoms with E-state index in [1.54, 1.807) is 16.7 Å². The van der Waals surface area contributed by atoms with Crippen molar-refractivity contribution in [3.8, 4) is 5.69 Å². The van der Waals surface area contributed by atoms with Crippen molar-refractivity contribution in [1.29, 1.82) is 0 Å². The van der Waals surface area contributed by atoms with Crippen LogP contribution in [0.25, 0.3) is 16.6 Å². The quantitative estimate of drug-likeness (QED) is 0.478. The van der Waals surface area contributed by atoms with Gasteiger partial charge in [0.15, 0.2) is 5.16 Å². The van der Waals surface area contributed by atoms with Crippen molar-refractivity contribution < 1.29 is 4.79 Å². The Balaban J connectivity index is 1.77. The van der Waals surface area contributed by atoms with E-state index < -0.39 is 0 Å². The predicted molar refractivity (Wildman–Crippen MR) is 114 cm³/mol. The second-order valence-corrected chi connectivity index (χ2v) is 8.21. The van der Waals surface area contributed by atoms with Crippen LogP contribution in [0.4, 0.5) is 0 Å². The average Bonchev–Trinajstić information content (AvgIpc) is 3.23. The number of para-hydroxylation sites is 1. The zero-order valence-corrected chi connectivity index (χ0v) is 17.1. The molecular weight excluding hydrogens is 394 g/mol. The molecule has 3 aromatic rings. The highest BCUT2D eigenvalue weighted by molar-refractivity contribution is 7.99. The summed E-state index contributed by atoms with van der Waals surface area (Å²) >= 11 is 7.59. The normalized spacial score (nSPS) is 14.0. The van der Waals surface area contributed by atoms with E-state index in [1.165, 1.54) is 11.8 Å². The van der Waals surface area contributed by atoms with Gasteiger partial charge >= 0.3 is 0 Å². The number of likely N-dealkylation sites (tertiary alicyclic amines) is 1. The van der Waals surface area contributed by atoms with Crippen molar-refractivity contribution >= 4 is 40.2 Å². The fourth-order valence-electron chi connectivity index (χ4n) is 3.34. The van der Waals surface area contributed by atoms with Gasteiger partial charge in [0.05, 0.1) is 22.3 Å². The summed E-state index contributed by atoms with van der Waals surface area (Å²) in [7, 11) is 0. The van der Waals surface area contributed by atoms with E-state index in [-0.39, 0.29) is 17.2 Å². The second kappa shape index (κ2) is 7.97. The Morgan fingerprint density at radius 3 is 2.68 bits per heavy atom. The number of rotatable bonds is 4. The Bertz CT molecular complexity index is 1110. The van der Waals surface area contributed by atoms with E-state index in [4.69, 9.17) is 11.6 Å². The molecule has 7 heteroatoms. The van der Waals surface area contributed by atoms with Gasteiger partial charge in [-0.05, 0) is 49.6 Å². The van der Waals surface area contributed by atoms with Crippen molar-refractivity contribution in [3.05, 3.63) is 63.4 Å². The molecule has 1 aliphatic rings. The number of fused-ring (bicyclic) bond motifs is 1. The number of benzene rings is 2. The topological polar surface area (TPSA) is 55.2 Å². The summed E-state index contributed by atoms with van der Waals surface area (Å²) in [4.78, 5) is 32.3. The van der Waals surface area contributed by atoms with E-state index in [0.717, 1.165) is 31.5 Å². The molecule has 4 rings (SSSR count). The molecule has 2 aromatic carbocycles. The molecule has 0 bridgehead atoms. The summed E-state index contributed by atoms with van der Waals surface area (Å²) < 4.78 is 1.55. The molecular formula is C21H20ClN3O2S. The highest BCUT2D eigenvalue weighted by Crippen LogP contribution is 2.25. The Morgan fingerprint density at radius 2 is 1.93 bits per heavy atom. The van der Waals surface area contributed by atoms with Gasteiger partial charge in [0.1, 0.15) is 0 Å². The molecule has 0 radical (unpaired) electrons. The number of hydrogen-bond acceptors (Lipinski definition) is 4. The number of carbonyl (C=O) groups is 1. The number of aryl methyl sites for hydroxylation is 1. The number of carbonyl (C=O) groups excluding carboxylic acids is 1. The van der Waals surface area contributed by atoms with Gasteiger partial charge < -0.3 is 4.90 Å². The number of nitrogens with zero attached hydrogens (tertiary/aromatic N) is 3. The fraction of sp³-hybridized carbons (Fsp3) is 0.286. The molecule has 0 saturated carbocycles. The molecule has 0 spiro atoms. The Morgan fingerprint density at radius 1 is 1.18 bits per heavy atom. The van der Waals surface area contributed by atoms with Crippen LogP contribution >= 0.6 is 23.4 Å². The lowest BCUT2D eigenvalue weighted by atomic mass is 10.2. The molecule has 0 unspecified atom stereocenters. The molecule has 1 amide bonds. The van der Waals surface area contributed by atoms with Crippen LogP contribution in [0.15, 0.2) is 52.4 Å². The first-order valence-electron chi connectivity index (χ1n) is 9.23. The Hall–Kier alpha value is -2.31. The Labute approximate surface area is 172 Å². The smallest absolute Gasteiger partial charge is 0.266 e. The molecule has 2 heterocycles. The van der Waals surface area contributed by atoms with Gasteiger partial charge in [0.2, 0.25) is 5.91 Å². The van der Waals surface area contributed by atoms with E-state index in [1.807, 2.05) is 42.2 Å². The van der Waals surface area contributed by atoms with Crippen molar-refractivity contribution in [2.24, 2.45) is 0 Å². The van der Waals surface area contributed by atoms with Crippen LogP contribution in [0.2, 0.25) is 5.02 Å². The highest BCUT2D eigenvalue weighted by atomic mass is 35.5. The number of hydrogen-bond donors (Lipinski definition) is 0. The van der Waals surface area contributed by atoms with Crippen LogP contribution < -0.4 is 5.56 Å². The van der Waals surface area contributed by atoms with Crippen molar-refractivity contribution in [2.75, 3.05) is 18.8 Å². The second-order valence-electron chi connectivity index (χ2n) is 6.86. The minimum Gasteiger partial charge on any atom is -0.342 e. The van der Waals surface area contributed by atoms with Gasteiger partial charge in [-0.2, -0.15) is 0 Å². The van der Waals surface area contributed by atoms with E-state index in [2.05, 4.69) is 4.98 Å². The molecule has 0 aliphatic carbocycles. The van der Waals surface area contributed by atoms with E-state index in [9.17, 15) is 9.59 Å². The fourth-order valence-corrected chi connectivity index (χ4v) is 4.43. The Kier molecular flexibility index (Phi) is 5.42. The van der Waals surface area contributed by atoms with Crippen molar-refractivity contribution in [2.45, 2.75) is 24.9 Å². The summed E-state index contributed by atoms with van der Waals surface area (Å²) in [6.07, 6.45) is 2.11. The number of halogens is 1. The summed E-state index contributed by atoms with van der Waals surface area (Å²) in [5, 5.41) is 1.62. The van der Waals surface area contributed by atoms with Crippen molar-refractivity contribution in [1.82, 2.24) is 14.5 Å². The lowest BCUT2D eigenvalue weighted by Gasteiger charge is -2.17. The van der Waals surface area contributed by atoms with Crippen molar-refractivity contribution in [3.63, 3.8) is 0 Å². The summed E-state index contributed by atoms with van der Waals surface area (Å²) in [5.74, 6) is 0.336. The molecule has 1 aliphatic heterocycles. The highest BCUT2D eigenvalue weighted by Gasteiger charge is 2.20. The third-order valence-electron chi connectivity index (χ3n) is 4.94. The molecule has 0 N–H and O–H groups in total. The molecule has 28 heavy (non-hydrogen) atoms. The molecule has 144 valence electrons. The maximum Gasteiger partial charge on any atom is 0.266 e. The third-order valence-corrected chi connectivity index (χ3v) is 6.27. The SMILES string of the molecule is Cc1ccc(-n2c(SCC(=O)N3CCCC3)nc3ccccc3c2=O)cc1Cl. The minimum absolute atomic E-state index is 0.0818. The van der Waals surface area contributed by atoms with Crippen LogP contribution in [0.3, 0.4) is 0 Å². The van der Waals surface area contributed by atoms with Crippen LogP contribution in [0.5, 0.6) is 0 Å². The van der Waals surface area contributed by atoms with Gasteiger partial charge in [-0.1, -0.05) is 41.6 Å². The van der Waals surface area contributed by atoms with Gasteiger partial charge in [0.25, 0.3) is 5.56 Å². The largest absolute Gasteiger partial charge is 0.342 e. The van der Waals surface area contributed by atoms with Crippen LogP contribution in [0, 0.1) is 6.92 Å². The lowest BCUT2D eigenvalue weighted by Crippen LogP contribution is -2.29. The predicted octanol–water partition coefficient (Wildman–Crippen LogP) is 4.06. The van der Waals surface area contributed by atoms with Gasteiger partial charge in [-0.15, -0.1) is 0 Å². The van der Waals surface area contributed by atoms with Crippen LogP contribution in [0.1, 0.15) is 18.4 Å². The van der Waals surface area contributed by atoms with Gasteiger partial charge in [0, 0.05) is 18.1 Å². The van der Waals surface area contributed by atoms with E-state index in [0.29, 0.717) is 26.8 Å². The summed E-state index contributed by atoms with van der Waals surface area (Å²) in [6.45, 7) is 3.54. The first kappa shape index (κ1) is 19.0. The number of aromatic nitrogens is 2. The molecule has 0 atom stereocenters. The summed E-state index contributed by atoms with van der Waals surface area (Å²) in [6, 6.07) is 12.7. The maximum atomic E-state index is 13.2. The molecule has 1 fully saturated rings. The first-order valence-corrected chi connectivity index (χ1v) is 10.6. The monoisotopic (exact) mass is 413 g/mol. The number of amides is 1. The molecule has 1 aromatic heterocycles. The first-order chi connectivity index (χ1) is 13.5. The standard InChI is InChI=1S/C21H20ClN3O2S/c1-14-8-9-15(12-17(14)22)25-20(27)16-6-2-3-7-18(16)23-21(25)28-13-19(26)24-10-4-5-11-24/h2-3,6-9,12H,4-5,10-11,13H2,1H3. The minimum atomic E-state index is -0.165. The van der Waals surface area contributed by atoms with E-state index >= 15 is 0 Å². The zero-order chi connectivity index (χ0) is 19.7. The lowest BCUT2D eigenvalue weighted by molar-refractivity contribution is -0.127. The zero-order valence-electron chi connectivity index (χ0n) is 15.5. The molecule has 1 saturated heterocycles. The third kappa shape index (κ3) is 3.66. The van der Waals surface area contributed by atoms with Gasteiger partial charge in [-0.3, -0.25) is 14.2 Å².